The van der Waals surface area contributed by atoms with Gasteiger partial charge in [-0.25, -0.2) is 4.89 Å². The van der Waals surface area contributed by atoms with Gasteiger partial charge < -0.3 is 9.80 Å². The van der Waals surface area contributed by atoms with Crippen LogP contribution in [0.4, 0.5) is 11.4 Å². The highest BCUT2D eigenvalue weighted by atomic mass is 32.2. The average molecular weight is 578 g/mol. The van der Waals surface area contributed by atoms with Crippen LogP contribution >= 0.6 is 34.9 Å². The van der Waals surface area contributed by atoms with Gasteiger partial charge in [-0.15, -0.1) is 0 Å². The van der Waals surface area contributed by atoms with E-state index in [1.807, 2.05) is 43.0 Å². The summed E-state index contributed by atoms with van der Waals surface area (Å²) in [7, 11) is 0. The van der Waals surface area contributed by atoms with Crippen LogP contribution in [0.2, 0.25) is 0 Å². The van der Waals surface area contributed by atoms with Crippen molar-refractivity contribution in [3.63, 3.8) is 0 Å². The predicted molar refractivity (Wildman–Crippen MR) is 164 cm³/mol. The Balaban J connectivity index is 0.000000193. The van der Waals surface area contributed by atoms with Crippen molar-refractivity contribution >= 4 is 56.5 Å². The molecule has 0 aliphatic carbocycles. The molecule has 7 rings (SSSR count). The molecular formula is C30H31N3O3S3. The molecule has 0 N–H and O–H groups in total. The molecule has 4 aromatic rings. The average Bonchev–Trinajstić information content (AvgIpc) is 3.61. The van der Waals surface area contributed by atoms with Crippen LogP contribution in [0.15, 0.2) is 98.5 Å². The number of aryl methyl sites for hydroxylation is 1. The number of para-hydroxylation sites is 3. The van der Waals surface area contributed by atoms with E-state index in [0.717, 1.165) is 36.3 Å². The largest absolute Gasteiger partial charge is 0.336 e. The summed E-state index contributed by atoms with van der Waals surface area (Å²) in [4.78, 5) is 30.1. The van der Waals surface area contributed by atoms with E-state index in [1.54, 1.807) is 16.3 Å². The van der Waals surface area contributed by atoms with E-state index in [1.165, 1.54) is 37.5 Å². The van der Waals surface area contributed by atoms with Crippen molar-refractivity contribution in [3.8, 4) is 0 Å². The predicted octanol–water partition coefficient (Wildman–Crippen LogP) is 7.55. The van der Waals surface area contributed by atoms with Gasteiger partial charge in [0, 0.05) is 35.8 Å². The first-order chi connectivity index (χ1) is 19.1. The third kappa shape index (κ3) is 4.60. The Labute approximate surface area is 241 Å². The molecule has 9 heteroatoms. The molecule has 0 bridgehead atoms. The molecule has 1 spiro atoms. The molecule has 2 atom stereocenters. The minimum atomic E-state index is -0.442. The molecule has 0 amide bonds. The van der Waals surface area contributed by atoms with Gasteiger partial charge in [0.05, 0.1) is 26.6 Å². The summed E-state index contributed by atoms with van der Waals surface area (Å²) in [5, 5.41) is 0.843. The molecule has 3 aliphatic rings. The van der Waals surface area contributed by atoms with E-state index in [9.17, 15) is 4.79 Å². The van der Waals surface area contributed by atoms with Crippen LogP contribution in [0.1, 0.15) is 27.2 Å². The van der Waals surface area contributed by atoms with E-state index in [4.69, 9.17) is 9.78 Å². The van der Waals surface area contributed by atoms with Crippen molar-refractivity contribution in [2.45, 2.75) is 54.7 Å². The van der Waals surface area contributed by atoms with Crippen molar-refractivity contribution in [2.75, 3.05) is 22.9 Å². The van der Waals surface area contributed by atoms with E-state index >= 15 is 0 Å². The third-order valence-corrected chi connectivity index (χ3v) is 10.7. The summed E-state index contributed by atoms with van der Waals surface area (Å²) in [6, 6.07) is 25.0. The summed E-state index contributed by atoms with van der Waals surface area (Å²) < 4.78 is 2.87. The van der Waals surface area contributed by atoms with Crippen molar-refractivity contribution in [2.24, 2.45) is 0 Å². The Bertz CT molecular complexity index is 1580. The minimum absolute atomic E-state index is 0.00497. The Morgan fingerprint density at radius 1 is 0.872 bits per heavy atom. The zero-order valence-corrected chi connectivity index (χ0v) is 24.7. The van der Waals surface area contributed by atoms with Crippen molar-refractivity contribution < 1.29 is 9.78 Å². The topological polar surface area (TPSA) is 46.9 Å². The molecule has 0 radical (unpaired) electrons. The monoisotopic (exact) mass is 577 g/mol. The molecule has 1 fully saturated rings. The molecule has 202 valence electrons. The van der Waals surface area contributed by atoms with Crippen LogP contribution in [0.3, 0.4) is 0 Å². The number of benzene rings is 3. The number of nitrogens with zero attached hydrogens (tertiary/aromatic N) is 3. The first-order valence-electron chi connectivity index (χ1n) is 13.3. The van der Waals surface area contributed by atoms with E-state index in [2.05, 4.69) is 78.3 Å². The number of thiazole rings is 1. The Morgan fingerprint density at radius 2 is 1.59 bits per heavy atom. The summed E-state index contributed by atoms with van der Waals surface area (Å²) >= 11 is 4.92. The second-order valence-corrected chi connectivity index (χ2v) is 12.6. The first kappa shape index (κ1) is 26.5. The fraction of sp³-hybridized carbons (Fsp3) is 0.300. The fourth-order valence-electron chi connectivity index (χ4n) is 5.28. The van der Waals surface area contributed by atoms with Crippen LogP contribution in [-0.4, -0.2) is 28.8 Å². The van der Waals surface area contributed by atoms with Crippen LogP contribution in [-0.2, 0) is 16.3 Å². The van der Waals surface area contributed by atoms with Crippen LogP contribution in [0.5, 0.6) is 0 Å². The SMILES string of the molecule is CCN1/C(=C\CC2OOC23Sc2ccccc2N3CC)Sc2ccccc21.CCn1c(=O)sc2ccccc21. The van der Waals surface area contributed by atoms with Gasteiger partial charge in [-0.05, 0) is 57.2 Å². The number of rotatable bonds is 5. The maximum Gasteiger partial charge on any atom is 0.308 e. The number of thioether (sulfide) groups is 2. The highest BCUT2D eigenvalue weighted by Crippen LogP contribution is 2.58. The molecule has 2 unspecified atom stereocenters. The normalized spacial score (nSPS) is 22.1. The third-order valence-electron chi connectivity index (χ3n) is 7.14. The number of anilines is 2. The number of hydrogen-bond acceptors (Lipinski definition) is 8. The second kappa shape index (κ2) is 11.1. The van der Waals surface area contributed by atoms with E-state index in [0.29, 0.717) is 0 Å². The van der Waals surface area contributed by atoms with Gasteiger partial charge in [0.1, 0.15) is 0 Å². The highest BCUT2D eigenvalue weighted by molar-refractivity contribution is 8.03. The van der Waals surface area contributed by atoms with Crippen LogP contribution in [0.25, 0.3) is 10.2 Å². The van der Waals surface area contributed by atoms with Crippen LogP contribution < -0.4 is 14.7 Å². The maximum absolute atomic E-state index is 11.4. The zero-order valence-electron chi connectivity index (χ0n) is 22.2. The van der Waals surface area contributed by atoms with Crippen molar-refractivity contribution in [1.82, 2.24) is 4.57 Å². The Hall–Kier alpha value is -2.69. The number of hydrogen-bond donors (Lipinski definition) is 0. The lowest BCUT2D eigenvalue weighted by atomic mass is 10.1. The first-order valence-corrected chi connectivity index (χ1v) is 15.8. The number of likely N-dealkylation sites (N-methyl/N-ethyl adjacent to an activating group) is 1. The second-order valence-electron chi connectivity index (χ2n) is 9.29. The summed E-state index contributed by atoms with van der Waals surface area (Å²) in [5.41, 5.74) is 3.59. The summed E-state index contributed by atoms with van der Waals surface area (Å²) in [6.45, 7) is 8.96. The molecule has 0 saturated carbocycles. The van der Waals surface area contributed by atoms with Crippen molar-refractivity contribution in [1.29, 1.82) is 0 Å². The van der Waals surface area contributed by atoms with E-state index < -0.39 is 5.06 Å². The molecule has 3 aromatic carbocycles. The highest BCUT2D eigenvalue weighted by Gasteiger charge is 2.60. The van der Waals surface area contributed by atoms with Gasteiger partial charge in [-0.3, -0.25) is 9.36 Å². The molecule has 1 aromatic heterocycles. The van der Waals surface area contributed by atoms with Gasteiger partial charge in [0.15, 0.2) is 6.10 Å². The Morgan fingerprint density at radius 3 is 2.31 bits per heavy atom. The molecule has 4 heterocycles. The number of aromatic nitrogens is 1. The fourth-order valence-corrected chi connectivity index (χ4v) is 8.83. The van der Waals surface area contributed by atoms with E-state index in [-0.39, 0.29) is 11.0 Å². The zero-order chi connectivity index (χ0) is 27.0. The summed E-state index contributed by atoms with van der Waals surface area (Å²) in [5.74, 6) is 0. The standard InChI is InChI=1S/C21H22N2O2S2.C9H9NOS/c1-3-22-15-9-5-7-11-17(15)26-20(22)14-13-19-21(25-24-19)23(4-2)16-10-6-8-12-18(16)27-21;1-2-10-7-5-3-4-6-8(7)12-9(10)11/h5-12,14,19H,3-4,13H2,1-2H3;3-6H,2H2,1H3/b20-14+;. The molecule has 3 aliphatic heterocycles. The maximum atomic E-state index is 11.4. The quantitative estimate of drug-likeness (QED) is 0.227. The van der Waals surface area contributed by atoms with Gasteiger partial charge in [0.25, 0.3) is 5.06 Å². The van der Waals surface area contributed by atoms with Gasteiger partial charge in [-0.2, -0.15) is 4.89 Å². The molecule has 39 heavy (non-hydrogen) atoms. The molecule has 1 saturated heterocycles. The smallest absolute Gasteiger partial charge is 0.308 e. The summed E-state index contributed by atoms with van der Waals surface area (Å²) in [6.07, 6.45) is 3.13. The lowest BCUT2D eigenvalue weighted by Crippen LogP contribution is -2.63. The van der Waals surface area contributed by atoms with Crippen LogP contribution in [0, 0.1) is 0 Å². The molecular weight excluding hydrogens is 547 g/mol. The lowest BCUT2D eigenvalue weighted by Gasteiger charge is -2.48. The molecule has 6 nitrogen and oxygen atoms in total. The lowest BCUT2D eigenvalue weighted by molar-refractivity contribution is -0.477. The minimum Gasteiger partial charge on any atom is -0.336 e. The van der Waals surface area contributed by atoms with Gasteiger partial charge in [-0.1, -0.05) is 77.3 Å². The Kier molecular flexibility index (Phi) is 7.52. The van der Waals surface area contributed by atoms with Crippen molar-refractivity contribution in [3.05, 3.63) is 93.6 Å². The van der Waals surface area contributed by atoms with Gasteiger partial charge in [0.2, 0.25) is 0 Å². The van der Waals surface area contributed by atoms with Gasteiger partial charge >= 0.3 is 4.87 Å². The number of fused-ring (bicyclic) bond motifs is 3.